The van der Waals surface area contributed by atoms with E-state index in [1.165, 1.54) is 0 Å². The normalized spacial score (nSPS) is 9.33. The molecule has 1 nitrogen and oxygen atoms in total. The van der Waals surface area contributed by atoms with E-state index in [9.17, 15) is 0 Å². The van der Waals surface area contributed by atoms with Crippen molar-refractivity contribution in [2.45, 2.75) is 0 Å². The van der Waals surface area contributed by atoms with E-state index in [4.69, 9.17) is 11.6 Å². The van der Waals surface area contributed by atoms with Gasteiger partial charge < -0.3 is 0 Å². The summed E-state index contributed by atoms with van der Waals surface area (Å²) in [5.74, 6) is 0. The van der Waals surface area contributed by atoms with Crippen molar-refractivity contribution in [2.24, 2.45) is 0 Å². The summed E-state index contributed by atoms with van der Waals surface area (Å²) in [5, 5.41) is 0. The van der Waals surface area contributed by atoms with Crippen molar-refractivity contribution in [2.75, 3.05) is 14.1 Å². The van der Waals surface area contributed by atoms with Crippen LogP contribution >= 0.6 is 11.6 Å². The number of hydrogen-bond donors (Lipinski definition) is 0. The van der Waals surface area contributed by atoms with Crippen molar-refractivity contribution in [1.29, 1.82) is 0 Å². The zero-order chi connectivity index (χ0) is 5.15. The van der Waals surface area contributed by atoms with Gasteiger partial charge in [-0.3, -0.25) is 0 Å². The second-order valence-corrected chi connectivity index (χ2v) is 2.48. The van der Waals surface area contributed by atoms with Crippen LogP contribution in [-0.2, 0) is 15.9 Å². The Morgan fingerprint density at radius 3 is 1.83 bits per heavy atom. The Labute approximate surface area is 50.9 Å². The minimum absolute atomic E-state index is 0.690. The van der Waals surface area contributed by atoms with Crippen LogP contribution in [-0.4, -0.2) is 23.0 Å². The third kappa shape index (κ3) is 2.87. The van der Waals surface area contributed by atoms with Crippen molar-refractivity contribution in [1.82, 2.24) is 4.90 Å². The van der Waals surface area contributed by atoms with E-state index in [2.05, 4.69) is 15.9 Å². The van der Waals surface area contributed by atoms with Crippen LogP contribution in [0.5, 0.6) is 0 Å². The Morgan fingerprint density at radius 2 is 1.83 bits per heavy atom. The average Bonchev–Trinajstić information content (AvgIpc) is 1.36. The van der Waals surface area contributed by atoms with Gasteiger partial charge in [0.25, 0.3) is 0 Å². The van der Waals surface area contributed by atoms with E-state index in [0.29, 0.717) is 3.96 Å². The molecule has 0 aromatic carbocycles. The fourth-order valence-corrected chi connectivity index (χ4v) is 0. The van der Waals surface area contributed by atoms with E-state index in [1.54, 1.807) is 4.90 Å². The second-order valence-electron chi connectivity index (χ2n) is 1.15. The summed E-state index contributed by atoms with van der Waals surface area (Å²) >= 11 is 8.05. The van der Waals surface area contributed by atoms with Crippen molar-refractivity contribution >= 4 is 15.6 Å². The molecular formula is C3H6ClCrN. The predicted molar refractivity (Wildman–Crippen MR) is 24.5 cm³/mol. The molecule has 0 aromatic rings. The van der Waals surface area contributed by atoms with Gasteiger partial charge in [-0.2, -0.15) is 0 Å². The molecule has 0 saturated carbocycles. The molecule has 36 valence electrons. The summed E-state index contributed by atoms with van der Waals surface area (Å²) in [5.41, 5.74) is 0. The molecule has 0 heterocycles. The van der Waals surface area contributed by atoms with Crippen LogP contribution in [0.25, 0.3) is 0 Å². The summed E-state index contributed by atoms with van der Waals surface area (Å²) in [6, 6.07) is 0. The fraction of sp³-hybridized carbons (Fsp3) is 0.667. The molecule has 0 aliphatic carbocycles. The zero-order valence-corrected chi connectivity index (χ0v) is 5.76. The molecule has 0 radical (unpaired) electrons. The van der Waals surface area contributed by atoms with E-state index in [0.717, 1.165) is 0 Å². The monoisotopic (exact) mass is 143 g/mol. The van der Waals surface area contributed by atoms with Crippen LogP contribution in [0, 0.1) is 0 Å². The molecule has 0 atom stereocenters. The van der Waals surface area contributed by atoms with Crippen LogP contribution in [0.3, 0.4) is 0 Å². The molecule has 0 aromatic heterocycles. The van der Waals surface area contributed by atoms with E-state index in [1.807, 2.05) is 14.1 Å². The molecule has 6 heavy (non-hydrogen) atoms. The van der Waals surface area contributed by atoms with Crippen LogP contribution in [0.15, 0.2) is 0 Å². The second kappa shape index (κ2) is 2.76. The van der Waals surface area contributed by atoms with Gasteiger partial charge in [0.05, 0.1) is 0 Å². The molecular weight excluding hydrogens is 137 g/mol. The molecule has 0 aliphatic rings. The van der Waals surface area contributed by atoms with Crippen molar-refractivity contribution < 1.29 is 15.9 Å². The van der Waals surface area contributed by atoms with Crippen LogP contribution in [0.4, 0.5) is 0 Å². The van der Waals surface area contributed by atoms with Gasteiger partial charge in [-0.15, -0.1) is 0 Å². The van der Waals surface area contributed by atoms with Crippen LogP contribution in [0.2, 0.25) is 0 Å². The third-order valence-electron chi connectivity index (χ3n) is 0.352. The predicted octanol–water partition coefficient (Wildman–Crippen LogP) is 0.421. The Morgan fingerprint density at radius 1 is 1.67 bits per heavy atom. The molecule has 0 spiro atoms. The van der Waals surface area contributed by atoms with E-state index in [-0.39, 0.29) is 0 Å². The fourth-order valence-electron chi connectivity index (χ4n) is 0. The van der Waals surface area contributed by atoms with Crippen LogP contribution in [0.1, 0.15) is 0 Å². The van der Waals surface area contributed by atoms with Crippen LogP contribution < -0.4 is 0 Å². The Kier molecular flexibility index (Phi) is 3.07. The molecule has 0 bridgehead atoms. The Bertz CT molecular complexity index is 61.8. The first-order valence-corrected chi connectivity index (χ1v) is 2.53. The molecule has 0 amide bonds. The number of rotatable bonds is 1. The first-order chi connectivity index (χ1) is 2.64. The van der Waals surface area contributed by atoms with Gasteiger partial charge in [-0.05, 0) is 0 Å². The molecule has 3 heteroatoms. The van der Waals surface area contributed by atoms with Gasteiger partial charge in [0.1, 0.15) is 0 Å². The summed E-state index contributed by atoms with van der Waals surface area (Å²) in [4.78, 5) is 1.79. The Hall–Kier alpha value is 0.652. The number of halogens is 1. The van der Waals surface area contributed by atoms with Gasteiger partial charge in [0.2, 0.25) is 0 Å². The van der Waals surface area contributed by atoms with Gasteiger partial charge in [-0.25, -0.2) is 0 Å². The molecule has 0 rings (SSSR count). The maximum atomic E-state index is 5.40. The van der Waals surface area contributed by atoms with Crippen molar-refractivity contribution in [3.63, 3.8) is 0 Å². The zero-order valence-electron chi connectivity index (χ0n) is 3.73. The Balaban J connectivity index is 3.26. The molecule has 0 unspecified atom stereocenters. The van der Waals surface area contributed by atoms with E-state index >= 15 is 0 Å². The van der Waals surface area contributed by atoms with Gasteiger partial charge in [0, 0.05) is 0 Å². The van der Waals surface area contributed by atoms with Crippen molar-refractivity contribution in [3.05, 3.63) is 0 Å². The molecule has 0 aliphatic heterocycles. The van der Waals surface area contributed by atoms with Crippen molar-refractivity contribution in [3.8, 4) is 0 Å². The first-order valence-electron chi connectivity index (χ1n) is 1.51. The SMILES string of the molecule is CN(C)[C](Cl)=[Cr]. The van der Waals surface area contributed by atoms with Gasteiger partial charge in [-0.1, -0.05) is 0 Å². The summed E-state index contributed by atoms with van der Waals surface area (Å²) in [6.45, 7) is 0. The summed E-state index contributed by atoms with van der Waals surface area (Å²) in [6.07, 6.45) is 0. The quantitative estimate of drug-likeness (QED) is 0.481. The number of hydrogen-bond acceptors (Lipinski definition) is 1. The minimum atomic E-state index is 0.690. The average molecular weight is 144 g/mol. The summed E-state index contributed by atoms with van der Waals surface area (Å²) in [7, 11) is 3.75. The van der Waals surface area contributed by atoms with Gasteiger partial charge in [0.15, 0.2) is 0 Å². The molecule has 0 N–H and O–H groups in total. The molecule has 0 saturated heterocycles. The third-order valence-corrected chi connectivity index (χ3v) is 1.26. The maximum absolute atomic E-state index is 5.40. The summed E-state index contributed by atoms with van der Waals surface area (Å²) < 4.78 is 0.690. The topological polar surface area (TPSA) is 3.24 Å². The number of nitrogens with zero attached hydrogens (tertiary/aromatic N) is 1. The molecule has 0 fully saturated rings. The van der Waals surface area contributed by atoms with E-state index < -0.39 is 0 Å². The van der Waals surface area contributed by atoms with Gasteiger partial charge >= 0.3 is 50.4 Å². The standard InChI is InChI=1S/C3H6ClN.Cr/c1-5(2)3-4;/h1-2H3;. The first kappa shape index (κ1) is 6.65.